The first-order valence-corrected chi connectivity index (χ1v) is 3.62. The van der Waals surface area contributed by atoms with Gasteiger partial charge in [0.15, 0.2) is 5.69 Å². The van der Waals surface area contributed by atoms with E-state index in [0.29, 0.717) is 0 Å². The van der Waals surface area contributed by atoms with Gasteiger partial charge in [-0.2, -0.15) is 0 Å². The second-order valence-corrected chi connectivity index (χ2v) is 2.77. The van der Waals surface area contributed by atoms with Crippen LogP contribution in [-0.4, -0.2) is 16.1 Å². The van der Waals surface area contributed by atoms with E-state index in [1.54, 1.807) is 0 Å². The molecule has 0 saturated heterocycles. The van der Waals surface area contributed by atoms with Gasteiger partial charge in [-0.15, -0.1) is 0 Å². The summed E-state index contributed by atoms with van der Waals surface area (Å²) in [5.74, 6) is -1.23. The number of anilines is 1. The Morgan fingerprint density at radius 1 is 1.58 bits per heavy atom. The third-order valence-corrected chi connectivity index (χ3v) is 1.90. The van der Waals surface area contributed by atoms with Crippen LogP contribution in [0.1, 0.15) is 10.5 Å². The largest absolute Gasteiger partial charge is 0.476 e. The summed E-state index contributed by atoms with van der Waals surface area (Å²) < 4.78 is 0. The van der Waals surface area contributed by atoms with Crippen LogP contribution in [0.5, 0.6) is 0 Å². The standard InChI is InChI=1S/C6H4Cl2N2O2/c7-2-1-10-5(6(11)12)3(8)4(2)9/h1H,(H2,9,10)(H,11,12). The van der Waals surface area contributed by atoms with Crippen LogP contribution in [0.25, 0.3) is 0 Å². The molecule has 0 aliphatic heterocycles. The van der Waals surface area contributed by atoms with E-state index >= 15 is 0 Å². The van der Waals surface area contributed by atoms with E-state index in [1.807, 2.05) is 0 Å². The van der Waals surface area contributed by atoms with Crippen molar-refractivity contribution in [2.24, 2.45) is 0 Å². The zero-order valence-corrected chi connectivity index (χ0v) is 7.23. The number of aromatic carboxylic acids is 1. The summed E-state index contributed by atoms with van der Waals surface area (Å²) in [5, 5.41) is 8.55. The average Bonchev–Trinajstić information content (AvgIpc) is 2.00. The van der Waals surface area contributed by atoms with Crippen molar-refractivity contribution in [3.05, 3.63) is 21.9 Å². The predicted molar refractivity (Wildman–Crippen MR) is 45.6 cm³/mol. The van der Waals surface area contributed by atoms with Crippen molar-refractivity contribution in [2.75, 3.05) is 5.73 Å². The summed E-state index contributed by atoms with van der Waals surface area (Å²) in [4.78, 5) is 13.9. The number of rotatable bonds is 1. The maximum Gasteiger partial charge on any atom is 0.356 e. The van der Waals surface area contributed by atoms with E-state index in [0.717, 1.165) is 6.20 Å². The zero-order valence-electron chi connectivity index (χ0n) is 5.71. The molecule has 0 aromatic carbocycles. The van der Waals surface area contributed by atoms with Crippen LogP contribution in [0.2, 0.25) is 10.0 Å². The molecule has 0 aliphatic rings. The Morgan fingerprint density at radius 2 is 2.17 bits per heavy atom. The number of nitrogens with zero attached hydrogens (tertiary/aromatic N) is 1. The molecule has 0 saturated carbocycles. The third kappa shape index (κ3) is 1.44. The first kappa shape index (κ1) is 9.09. The molecular formula is C6H4Cl2N2O2. The highest BCUT2D eigenvalue weighted by atomic mass is 35.5. The van der Waals surface area contributed by atoms with Crippen molar-refractivity contribution in [3.8, 4) is 0 Å². The van der Waals surface area contributed by atoms with E-state index in [1.165, 1.54) is 0 Å². The Morgan fingerprint density at radius 3 is 2.67 bits per heavy atom. The Bertz CT molecular complexity index is 341. The lowest BCUT2D eigenvalue weighted by molar-refractivity contribution is 0.0691. The minimum atomic E-state index is -1.23. The van der Waals surface area contributed by atoms with E-state index in [4.69, 9.17) is 34.0 Å². The number of pyridine rings is 1. The van der Waals surface area contributed by atoms with Crippen LogP contribution >= 0.6 is 23.2 Å². The SMILES string of the molecule is Nc1c(Cl)cnc(C(=O)O)c1Cl. The first-order chi connectivity index (χ1) is 5.54. The molecule has 4 nitrogen and oxygen atoms in total. The van der Waals surface area contributed by atoms with E-state index in [-0.39, 0.29) is 21.4 Å². The number of aromatic nitrogens is 1. The normalized spacial score (nSPS) is 9.83. The number of nitrogen functional groups attached to an aromatic ring is 1. The van der Waals surface area contributed by atoms with Crippen LogP contribution < -0.4 is 5.73 Å². The second kappa shape index (κ2) is 3.16. The summed E-state index contributed by atoms with van der Waals surface area (Å²) in [6.45, 7) is 0. The minimum absolute atomic E-state index is 0.0331. The van der Waals surface area contributed by atoms with Gasteiger partial charge in [-0.1, -0.05) is 23.2 Å². The summed E-state index contributed by atoms with van der Waals surface area (Å²) in [5.41, 5.74) is 5.09. The van der Waals surface area contributed by atoms with Crippen LogP contribution in [0, 0.1) is 0 Å². The molecule has 1 heterocycles. The number of hydrogen-bond donors (Lipinski definition) is 2. The summed E-state index contributed by atoms with van der Waals surface area (Å²) in [6.07, 6.45) is 1.15. The third-order valence-electron chi connectivity index (χ3n) is 1.21. The second-order valence-electron chi connectivity index (χ2n) is 1.99. The lowest BCUT2D eigenvalue weighted by Gasteiger charge is -2.02. The molecule has 64 valence electrons. The van der Waals surface area contributed by atoms with Crippen molar-refractivity contribution < 1.29 is 9.90 Å². The molecule has 0 aliphatic carbocycles. The molecule has 0 fully saturated rings. The molecule has 6 heteroatoms. The van der Waals surface area contributed by atoms with Crippen LogP contribution in [0.15, 0.2) is 6.20 Å². The number of carboxylic acid groups (broad SMARTS) is 1. The number of halogens is 2. The topological polar surface area (TPSA) is 76.2 Å². The molecule has 12 heavy (non-hydrogen) atoms. The van der Waals surface area contributed by atoms with Gasteiger partial charge in [-0.25, -0.2) is 9.78 Å². The fraction of sp³-hybridized carbons (Fsp3) is 0. The smallest absolute Gasteiger partial charge is 0.356 e. The van der Waals surface area contributed by atoms with E-state index in [2.05, 4.69) is 4.98 Å². The first-order valence-electron chi connectivity index (χ1n) is 2.86. The van der Waals surface area contributed by atoms with Crippen LogP contribution in [-0.2, 0) is 0 Å². The number of carboxylic acids is 1. The fourth-order valence-corrected chi connectivity index (χ4v) is 1.05. The highest BCUT2D eigenvalue weighted by molar-refractivity contribution is 6.40. The van der Waals surface area contributed by atoms with Gasteiger partial charge in [0.05, 0.1) is 15.7 Å². The predicted octanol–water partition coefficient (Wildman–Crippen LogP) is 1.67. The maximum absolute atomic E-state index is 10.4. The van der Waals surface area contributed by atoms with Crippen molar-refractivity contribution >= 4 is 34.9 Å². The summed E-state index contributed by atoms with van der Waals surface area (Å²) in [7, 11) is 0. The van der Waals surface area contributed by atoms with Gasteiger partial charge in [-0.05, 0) is 0 Å². The summed E-state index contributed by atoms with van der Waals surface area (Å²) in [6, 6.07) is 0. The van der Waals surface area contributed by atoms with Gasteiger partial charge in [0, 0.05) is 6.20 Å². The monoisotopic (exact) mass is 206 g/mol. The quantitative estimate of drug-likeness (QED) is 0.734. The molecule has 1 aromatic rings. The molecular weight excluding hydrogens is 203 g/mol. The van der Waals surface area contributed by atoms with Gasteiger partial charge in [0.25, 0.3) is 0 Å². The maximum atomic E-state index is 10.4. The van der Waals surface area contributed by atoms with Crippen LogP contribution in [0.4, 0.5) is 5.69 Å². The Hall–Kier alpha value is -1.00. The Kier molecular flexibility index (Phi) is 2.40. The van der Waals surface area contributed by atoms with Gasteiger partial charge >= 0.3 is 5.97 Å². The highest BCUT2D eigenvalue weighted by Crippen LogP contribution is 2.28. The van der Waals surface area contributed by atoms with Gasteiger partial charge in [0.2, 0.25) is 0 Å². The highest BCUT2D eigenvalue weighted by Gasteiger charge is 2.14. The fourth-order valence-electron chi connectivity index (χ4n) is 0.629. The average molecular weight is 207 g/mol. The molecule has 0 amide bonds. The zero-order chi connectivity index (χ0) is 9.30. The van der Waals surface area contributed by atoms with Crippen molar-refractivity contribution in [1.29, 1.82) is 0 Å². The van der Waals surface area contributed by atoms with E-state index in [9.17, 15) is 4.79 Å². The van der Waals surface area contributed by atoms with Gasteiger partial charge < -0.3 is 10.8 Å². The number of carbonyl (C=O) groups is 1. The van der Waals surface area contributed by atoms with Gasteiger partial charge in [-0.3, -0.25) is 0 Å². The lowest BCUT2D eigenvalue weighted by Crippen LogP contribution is -2.03. The van der Waals surface area contributed by atoms with Crippen molar-refractivity contribution in [1.82, 2.24) is 4.98 Å². The number of nitrogens with two attached hydrogens (primary N) is 1. The molecule has 1 aromatic heterocycles. The minimum Gasteiger partial charge on any atom is -0.476 e. The van der Waals surface area contributed by atoms with Crippen molar-refractivity contribution in [2.45, 2.75) is 0 Å². The van der Waals surface area contributed by atoms with Crippen LogP contribution in [0.3, 0.4) is 0 Å². The molecule has 0 radical (unpaired) electrons. The molecule has 0 spiro atoms. The molecule has 0 bridgehead atoms. The Balaban J connectivity index is 3.36. The van der Waals surface area contributed by atoms with Crippen molar-refractivity contribution in [3.63, 3.8) is 0 Å². The molecule has 3 N–H and O–H groups in total. The molecule has 1 rings (SSSR count). The Labute approximate surface area is 77.9 Å². The van der Waals surface area contributed by atoms with E-state index < -0.39 is 5.97 Å². The molecule has 0 unspecified atom stereocenters. The molecule has 0 atom stereocenters. The summed E-state index contributed by atoms with van der Waals surface area (Å²) >= 11 is 11.1. The number of hydrogen-bond acceptors (Lipinski definition) is 3. The van der Waals surface area contributed by atoms with Gasteiger partial charge in [0.1, 0.15) is 0 Å². The lowest BCUT2D eigenvalue weighted by atomic mass is 10.3.